The number of alkyl halides is 3. The van der Waals surface area contributed by atoms with Crippen molar-refractivity contribution in [1.29, 1.82) is 0 Å². The fraction of sp³-hybridized carbons (Fsp3) is 0.611. The first-order valence-electron chi connectivity index (χ1n) is 8.49. The first kappa shape index (κ1) is 17.4. The number of nitrogens with two attached hydrogens (primary N) is 1. The lowest BCUT2D eigenvalue weighted by Crippen LogP contribution is -2.40. The van der Waals surface area contributed by atoms with Crippen molar-refractivity contribution in [2.75, 3.05) is 19.6 Å². The second-order valence-corrected chi connectivity index (χ2v) is 7.09. The third-order valence-electron chi connectivity index (χ3n) is 5.06. The molecule has 132 valence electrons. The monoisotopic (exact) mass is 340 g/mol. The van der Waals surface area contributed by atoms with Crippen molar-refractivity contribution in [2.24, 2.45) is 11.7 Å². The normalized spacial score (nSPS) is 25.7. The van der Waals surface area contributed by atoms with Gasteiger partial charge in [0.05, 0.1) is 6.54 Å². The molecule has 2 fully saturated rings. The van der Waals surface area contributed by atoms with Gasteiger partial charge in [-0.3, -0.25) is 9.69 Å². The second kappa shape index (κ2) is 6.84. The molecule has 1 aliphatic carbocycles. The highest BCUT2D eigenvalue weighted by Gasteiger charge is 2.35. The van der Waals surface area contributed by atoms with E-state index in [0.29, 0.717) is 43.8 Å². The maximum Gasteiger partial charge on any atom is 0.401 e. The van der Waals surface area contributed by atoms with Crippen LogP contribution in [0.15, 0.2) is 24.3 Å². The zero-order chi connectivity index (χ0) is 17.3. The molecule has 1 saturated carbocycles. The Labute approximate surface area is 140 Å². The summed E-state index contributed by atoms with van der Waals surface area (Å²) in [6.07, 6.45) is -1.47. The molecule has 1 heterocycles. The van der Waals surface area contributed by atoms with Crippen LogP contribution < -0.4 is 5.73 Å². The van der Waals surface area contributed by atoms with Crippen molar-refractivity contribution < 1.29 is 18.0 Å². The first-order valence-corrected chi connectivity index (χ1v) is 8.49. The molecule has 3 rings (SSSR count). The fourth-order valence-electron chi connectivity index (χ4n) is 3.52. The van der Waals surface area contributed by atoms with Crippen molar-refractivity contribution in [1.82, 2.24) is 4.90 Å². The van der Waals surface area contributed by atoms with Gasteiger partial charge < -0.3 is 5.73 Å². The number of carbonyl (C=O) groups is 1. The molecule has 2 aliphatic rings. The molecule has 2 N–H and O–H groups in total. The number of rotatable bonds is 5. The van der Waals surface area contributed by atoms with Crippen molar-refractivity contribution in [3.8, 4) is 0 Å². The van der Waals surface area contributed by atoms with Crippen LogP contribution in [0.25, 0.3) is 0 Å². The second-order valence-electron chi connectivity index (χ2n) is 7.09. The van der Waals surface area contributed by atoms with E-state index < -0.39 is 12.7 Å². The molecule has 2 unspecified atom stereocenters. The van der Waals surface area contributed by atoms with Gasteiger partial charge in [0.2, 0.25) is 0 Å². The molecular formula is C18H23F3N2O. The van der Waals surface area contributed by atoms with Crippen LogP contribution in [0.2, 0.25) is 0 Å². The van der Waals surface area contributed by atoms with E-state index in [4.69, 9.17) is 5.73 Å². The van der Waals surface area contributed by atoms with E-state index in [0.717, 1.165) is 12.0 Å². The van der Waals surface area contributed by atoms with E-state index >= 15 is 0 Å². The van der Waals surface area contributed by atoms with Gasteiger partial charge in [0.25, 0.3) is 0 Å². The summed E-state index contributed by atoms with van der Waals surface area (Å²) in [5, 5.41) is 0. The number of likely N-dealkylation sites (tertiary alicyclic amines) is 1. The molecule has 3 nitrogen and oxygen atoms in total. The Kier molecular flexibility index (Phi) is 4.97. The number of nitrogens with zero attached hydrogens (tertiary/aromatic N) is 1. The summed E-state index contributed by atoms with van der Waals surface area (Å²) >= 11 is 0. The lowest BCUT2D eigenvalue weighted by atomic mass is 9.89. The van der Waals surface area contributed by atoms with Gasteiger partial charge in [0.15, 0.2) is 5.78 Å². The third-order valence-corrected chi connectivity index (χ3v) is 5.06. The summed E-state index contributed by atoms with van der Waals surface area (Å²) in [6.45, 7) is -0.0276. The summed E-state index contributed by atoms with van der Waals surface area (Å²) < 4.78 is 37.2. The molecule has 0 radical (unpaired) electrons. The van der Waals surface area contributed by atoms with Gasteiger partial charge in [-0.1, -0.05) is 18.2 Å². The average Bonchev–Trinajstić information content (AvgIpc) is 3.25. The first-order chi connectivity index (χ1) is 11.3. The van der Waals surface area contributed by atoms with Crippen LogP contribution in [-0.2, 0) is 0 Å². The lowest BCUT2D eigenvalue weighted by molar-refractivity contribution is -0.148. The van der Waals surface area contributed by atoms with Crippen LogP contribution in [0.1, 0.15) is 47.5 Å². The minimum absolute atomic E-state index is 0.0837. The molecule has 1 saturated heterocycles. The Morgan fingerprint density at radius 2 is 1.92 bits per heavy atom. The van der Waals surface area contributed by atoms with E-state index in [2.05, 4.69) is 0 Å². The smallest absolute Gasteiger partial charge is 0.327 e. The van der Waals surface area contributed by atoms with Gasteiger partial charge in [-0.15, -0.1) is 0 Å². The van der Waals surface area contributed by atoms with Gasteiger partial charge in [-0.25, -0.2) is 0 Å². The van der Waals surface area contributed by atoms with Crippen molar-refractivity contribution in [2.45, 2.75) is 43.8 Å². The van der Waals surface area contributed by atoms with Crippen LogP contribution in [0.3, 0.4) is 0 Å². The zero-order valence-corrected chi connectivity index (χ0v) is 13.6. The SMILES string of the molecule is NC1CC1c1cccc(C(=O)CC2CCN(CC(F)(F)F)CC2)c1. The Hall–Kier alpha value is -1.40. The topological polar surface area (TPSA) is 46.3 Å². The standard InChI is InChI=1S/C18H23F3N2O/c19-18(20,21)11-23-6-4-12(5-7-23)8-17(24)14-3-1-2-13(9-14)15-10-16(15)22/h1-3,9,12,15-16H,4-8,10-11,22H2. The van der Waals surface area contributed by atoms with Crippen LogP contribution in [0, 0.1) is 5.92 Å². The highest BCUT2D eigenvalue weighted by molar-refractivity contribution is 5.96. The molecule has 1 aliphatic heterocycles. The van der Waals surface area contributed by atoms with E-state index in [1.54, 1.807) is 0 Å². The molecule has 2 atom stereocenters. The van der Waals surface area contributed by atoms with Gasteiger partial charge in [-0.05, 0) is 49.9 Å². The van der Waals surface area contributed by atoms with Crippen LogP contribution in [0.4, 0.5) is 13.2 Å². The number of hydrogen-bond acceptors (Lipinski definition) is 3. The fourth-order valence-corrected chi connectivity index (χ4v) is 3.52. The predicted octanol–water partition coefficient (Wildman–Crippen LogP) is 3.35. The zero-order valence-electron chi connectivity index (χ0n) is 13.6. The average molecular weight is 340 g/mol. The highest BCUT2D eigenvalue weighted by Crippen LogP contribution is 2.39. The summed E-state index contributed by atoms with van der Waals surface area (Å²) in [5.74, 6) is 0.623. The van der Waals surface area contributed by atoms with E-state index in [9.17, 15) is 18.0 Å². The van der Waals surface area contributed by atoms with Crippen molar-refractivity contribution in [3.05, 3.63) is 35.4 Å². The largest absolute Gasteiger partial charge is 0.401 e. The van der Waals surface area contributed by atoms with Crippen molar-refractivity contribution >= 4 is 5.78 Å². The quantitative estimate of drug-likeness (QED) is 0.836. The Bertz CT molecular complexity index is 594. The minimum atomic E-state index is -4.15. The molecule has 24 heavy (non-hydrogen) atoms. The van der Waals surface area contributed by atoms with E-state index in [1.807, 2.05) is 24.3 Å². The number of halogens is 3. The molecule has 1 aromatic carbocycles. The third kappa shape index (κ3) is 4.57. The van der Waals surface area contributed by atoms with Gasteiger partial charge in [0, 0.05) is 23.9 Å². The van der Waals surface area contributed by atoms with Crippen molar-refractivity contribution in [3.63, 3.8) is 0 Å². The predicted molar refractivity (Wildman–Crippen MR) is 85.9 cm³/mol. The van der Waals surface area contributed by atoms with E-state index in [-0.39, 0.29) is 17.7 Å². The molecule has 1 aromatic rings. The summed E-state index contributed by atoms with van der Waals surface area (Å²) in [7, 11) is 0. The van der Waals surface area contributed by atoms with E-state index in [1.165, 1.54) is 4.90 Å². The Morgan fingerprint density at radius 3 is 2.50 bits per heavy atom. The summed E-state index contributed by atoms with van der Waals surface area (Å²) in [5.41, 5.74) is 7.68. The molecule has 6 heteroatoms. The molecule has 0 bridgehead atoms. The minimum Gasteiger partial charge on any atom is -0.327 e. The van der Waals surface area contributed by atoms with Gasteiger partial charge in [0.1, 0.15) is 0 Å². The maximum atomic E-state index is 12.5. The number of carbonyl (C=O) groups excluding carboxylic acids is 1. The van der Waals surface area contributed by atoms with Crippen LogP contribution >= 0.6 is 0 Å². The molecule has 0 amide bonds. The number of Topliss-reactive ketones (excluding diaryl/α,β-unsaturated/α-hetero) is 1. The van der Waals surface area contributed by atoms with Gasteiger partial charge in [-0.2, -0.15) is 13.2 Å². The number of benzene rings is 1. The maximum absolute atomic E-state index is 12.5. The van der Waals surface area contributed by atoms with Crippen LogP contribution in [-0.4, -0.2) is 42.5 Å². The molecular weight excluding hydrogens is 317 g/mol. The van der Waals surface area contributed by atoms with Gasteiger partial charge >= 0.3 is 6.18 Å². The Balaban J connectivity index is 1.51. The Morgan fingerprint density at radius 1 is 1.25 bits per heavy atom. The molecule has 0 spiro atoms. The summed E-state index contributed by atoms with van der Waals surface area (Å²) in [6, 6.07) is 7.84. The number of hydrogen-bond donors (Lipinski definition) is 1. The molecule has 0 aromatic heterocycles. The number of ketones is 1. The highest BCUT2D eigenvalue weighted by atomic mass is 19.4. The number of piperidine rings is 1. The summed E-state index contributed by atoms with van der Waals surface area (Å²) in [4.78, 5) is 13.9. The van der Waals surface area contributed by atoms with Crippen LogP contribution in [0.5, 0.6) is 0 Å². The lowest BCUT2D eigenvalue weighted by Gasteiger charge is -2.32.